The molecule has 17 heavy (non-hydrogen) atoms. The van der Waals surface area contributed by atoms with E-state index in [1.807, 2.05) is 12.1 Å². The van der Waals surface area contributed by atoms with Crippen molar-refractivity contribution in [2.24, 2.45) is 5.92 Å². The number of rotatable bonds is 4. The average molecular weight is 235 g/mol. The van der Waals surface area contributed by atoms with Gasteiger partial charge in [-0.1, -0.05) is 19.1 Å². The molecule has 1 aliphatic rings. The Kier molecular flexibility index (Phi) is 4.40. The van der Waals surface area contributed by atoms with Crippen molar-refractivity contribution in [1.29, 1.82) is 0 Å². The molecule has 2 rings (SSSR count). The zero-order valence-corrected chi connectivity index (χ0v) is 10.4. The van der Waals surface area contributed by atoms with Crippen molar-refractivity contribution >= 4 is 0 Å². The second-order valence-electron chi connectivity index (χ2n) is 4.82. The second-order valence-corrected chi connectivity index (χ2v) is 4.82. The zero-order chi connectivity index (χ0) is 12.1. The molecule has 0 spiro atoms. The maximum Gasteiger partial charge on any atom is 0.115 e. The molecule has 1 aliphatic heterocycles. The molecule has 0 aliphatic carbocycles. The van der Waals surface area contributed by atoms with Gasteiger partial charge in [-0.2, -0.15) is 0 Å². The summed E-state index contributed by atoms with van der Waals surface area (Å²) in [6.45, 7) is 4.97. The predicted molar refractivity (Wildman–Crippen MR) is 68.2 cm³/mol. The summed E-state index contributed by atoms with van der Waals surface area (Å²) < 4.78 is 5.42. The van der Waals surface area contributed by atoms with Gasteiger partial charge < -0.3 is 15.2 Å². The van der Waals surface area contributed by atoms with E-state index < -0.39 is 0 Å². The Hall–Kier alpha value is -1.06. The van der Waals surface area contributed by atoms with Crippen molar-refractivity contribution in [3.05, 3.63) is 29.8 Å². The Bertz CT molecular complexity index is 337. The number of phenols is 1. The first-order valence-corrected chi connectivity index (χ1v) is 6.35. The molecule has 0 bridgehead atoms. The number of hydrogen-bond donors (Lipinski definition) is 2. The molecule has 1 aromatic carbocycles. The lowest BCUT2D eigenvalue weighted by molar-refractivity contribution is 0.0393. The van der Waals surface area contributed by atoms with Gasteiger partial charge in [-0.15, -0.1) is 0 Å². The molecule has 0 aromatic heterocycles. The van der Waals surface area contributed by atoms with E-state index in [0.717, 1.165) is 32.6 Å². The van der Waals surface area contributed by atoms with Crippen LogP contribution in [0.4, 0.5) is 0 Å². The van der Waals surface area contributed by atoms with Gasteiger partial charge in [-0.3, -0.25) is 0 Å². The van der Waals surface area contributed by atoms with E-state index in [-0.39, 0.29) is 0 Å². The first kappa shape index (κ1) is 12.4. The summed E-state index contributed by atoms with van der Waals surface area (Å²) in [6, 6.07) is 8.02. The van der Waals surface area contributed by atoms with Crippen molar-refractivity contribution in [3.63, 3.8) is 0 Å². The summed E-state index contributed by atoms with van der Waals surface area (Å²) >= 11 is 0. The highest BCUT2D eigenvalue weighted by molar-refractivity contribution is 5.25. The minimum Gasteiger partial charge on any atom is -0.508 e. The van der Waals surface area contributed by atoms with Crippen LogP contribution in [-0.4, -0.2) is 30.9 Å². The zero-order valence-electron chi connectivity index (χ0n) is 10.4. The highest BCUT2D eigenvalue weighted by Crippen LogP contribution is 2.14. The Morgan fingerprint density at radius 3 is 2.82 bits per heavy atom. The number of aromatic hydroxyl groups is 1. The van der Waals surface area contributed by atoms with Crippen molar-refractivity contribution in [1.82, 2.24) is 5.32 Å². The van der Waals surface area contributed by atoms with Crippen LogP contribution in [0.1, 0.15) is 18.9 Å². The van der Waals surface area contributed by atoms with Crippen LogP contribution in [-0.2, 0) is 11.2 Å². The van der Waals surface area contributed by atoms with E-state index in [2.05, 4.69) is 12.2 Å². The van der Waals surface area contributed by atoms with Crippen molar-refractivity contribution in [2.75, 3.05) is 19.8 Å². The SMILES string of the molecule is CC1COCCC1NCCc1ccc(O)cc1. The second kappa shape index (κ2) is 6.03. The first-order chi connectivity index (χ1) is 8.25. The molecule has 94 valence electrons. The molecule has 2 N–H and O–H groups in total. The molecular weight excluding hydrogens is 214 g/mol. The summed E-state index contributed by atoms with van der Waals surface area (Å²) in [5, 5.41) is 12.8. The molecule has 2 unspecified atom stereocenters. The molecule has 1 heterocycles. The number of nitrogens with one attached hydrogen (secondary N) is 1. The smallest absolute Gasteiger partial charge is 0.115 e. The Morgan fingerprint density at radius 2 is 2.12 bits per heavy atom. The van der Waals surface area contributed by atoms with Crippen LogP contribution in [0.3, 0.4) is 0 Å². The molecular formula is C14H21NO2. The minimum absolute atomic E-state index is 0.333. The molecule has 3 heteroatoms. The van der Waals surface area contributed by atoms with Crippen molar-refractivity contribution in [3.8, 4) is 5.75 Å². The van der Waals surface area contributed by atoms with Gasteiger partial charge in [0.1, 0.15) is 5.75 Å². The fourth-order valence-electron chi connectivity index (χ4n) is 2.25. The third kappa shape index (κ3) is 3.72. The fraction of sp³-hybridized carbons (Fsp3) is 0.571. The van der Waals surface area contributed by atoms with Crippen LogP contribution in [0.25, 0.3) is 0 Å². The maximum absolute atomic E-state index is 9.19. The van der Waals surface area contributed by atoms with E-state index in [1.165, 1.54) is 5.56 Å². The highest BCUT2D eigenvalue weighted by Gasteiger charge is 2.20. The summed E-state index contributed by atoms with van der Waals surface area (Å²) in [5.74, 6) is 0.934. The third-order valence-electron chi connectivity index (χ3n) is 3.40. The van der Waals surface area contributed by atoms with Crippen LogP contribution in [0.2, 0.25) is 0 Å². The fourth-order valence-corrected chi connectivity index (χ4v) is 2.25. The van der Waals surface area contributed by atoms with Gasteiger partial charge >= 0.3 is 0 Å². The monoisotopic (exact) mass is 235 g/mol. The lowest BCUT2D eigenvalue weighted by Crippen LogP contribution is -2.42. The lowest BCUT2D eigenvalue weighted by Gasteiger charge is -2.29. The van der Waals surface area contributed by atoms with E-state index in [0.29, 0.717) is 17.7 Å². The Labute approximate surface area is 103 Å². The minimum atomic E-state index is 0.333. The molecule has 1 fully saturated rings. The third-order valence-corrected chi connectivity index (χ3v) is 3.40. The molecule has 0 amide bonds. The Morgan fingerprint density at radius 1 is 1.35 bits per heavy atom. The highest BCUT2D eigenvalue weighted by atomic mass is 16.5. The van der Waals surface area contributed by atoms with Crippen LogP contribution in [0, 0.1) is 5.92 Å². The van der Waals surface area contributed by atoms with E-state index in [1.54, 1.807) is 12.1 Å². The van der Waals surface area contributed by atoms with Crippen molar-refractivity contribution < 1.29 is 9.84 Å². The van der Waals surface area contributed by atoms with Crippen LogP contribution in [0.15, 0.2) is 24.3 Å². The van der Waals surface area contributed by atoms with Crippen LogP contribution in [0.5, 0.6) is 5.75 Å². The quantitative estimate of drug-likeness (QED) is 0.838. The van der Waals surface area contributed by atoms with Gasteiger partial charge in [-0.25, -0.2) is 0 Å². The van der Waals surface area contributed by atoms with Gasteiger partial charge in [0.15, 0.2) is 0 Å². The number of ether oxygens (including phenoxy) is 1. The maximum atomic E-state index is 9.19. The summed E-state index contributed by atoms with van der Waals surface area (Å²) in [6.07, 6.45) is 2.11. The molecule has 3 nitrogen and oxygen atoms in total. The van der Waals surface area contributed by atoms with Gasteiger partial charge in [0.2, 0.25) is 0 Å². The number of benzene rings is 1. The predicted octanol–water partition coefficient (Wildman–Crippen LogP) is 1.95. The van der Waals surface area contributed by atoms with Gasteiger partial charge in [-0.05, 0) is 43.0 Å². The van der Waals surface area contributed by atoms with Gasteiger partial charge in [0.25, 0.3) is 0 Å². The average Bonchev–Trinajstić information content (AvgIpc) is 2.34. The number of phenolic OH excluding ortho intramolecular Hbond substituents is 1. The van der Waals surface area contributed by atoms with Gasteiger partial charge in [0.05, 0.1) is 6.61 Å². The van der Waals surface area contributed by atoms with Crippen LogP contribution < -0.4 is 5.32 Å². The molecule has 1 aromatic rings. The first-order valence-electron chi connectivity index (χ1n) is 6.35. The van der Waals surface area contributed by atoms with E-state index >= 15 is 0 Å². The molecule has 0 saturated carbocycles. The molecule has 1 saturated heterocycles. The summed E-state index contributed by atoms with van der Waals surface area (Å²) in [4.78, 5) is 0. The summed E-state index contributed by atoms with van der Waals surface area (Å²) in [7, 11) is 0. The van der Waals surface area contributed by atoms with E-state index in [9.17, 15) is 5.11 Å². The van der Waals surface area contributed by atoms with Crippen LogP contribution >= 0.6 is 0 Å². The van der Waals surface area contributed by atoms with Crippen molar-refractivity contribution in [2.45, 2.75) is 25.8 Å². The molecule has 2 atom stereocenters. The summed E-state index contributed by atoms with van der Waals surface area (Å²) in [5.41, 5.74) is 1.26. The normalized spacial score (nSPS) is 24.8. The largest absolute Gasteiger partial charge is 0.508 e. The topological polar surface area (TPSA) is 41.5 Å². The lowest BCUT2D eigenvalue weighted by atomic mass is 9.97. The molecule has 0 radical (unpaired) electrons. The Balaban J connectivity index is 1.73. The number of hydrogen-bond acceptors (Lipinski definition) is 3. The van der Waals surface area contributed by atoms with Gasteiger partial charge in [0, 0.05) is 12.6 Å². The van der Waals surface area contributed by atoms with E-state index in [4.69, 9.17) is 4.74 Å². The standard InChI is InChI=1S/C14H21NO2/c1-11-10-17-9-7-14(11)15-8-6-12-2-4-13(16)5-3-12/h2-5,11,14-16H,6-10H2,1H3.